The maximum Gasteiger partial charge on any atom is 0.416 e. The van der Waals surface area contributed by atoms with E-state index in [4.69, 9.17) is 9.15 Å². The largest absolute Gasteiger partial charge is 0.444 e. The Morgan fingerprint density at radius 1 is 1.12 bits per heavy atom. The molecule has 0 radical (unpaired) electrons. The Morgan fingerprint density at radius 3 is 2.53 bits per heavy atom. The van der Waals surface area contributed by atoms with E-state index in [2.05, 4.69) is 15.6 Å². The summed E-state index contributed by atoms with van der Waals surface area (Å²) in [6, 6.07) is 10.8. The zero-order valence-electron chi connectivity index (χ0n) is 19.1. The van der Waals surface area contributed by atoms with Crippen molar-refractivity contribution in [2.75, 3.05) is 5.32 Å². The smallest absolute Gasteiger partial charge is 0.416 e. The van der Waals surface area contributed by atoms with Crippen LogP contribution >= 0.6 is 0 Å². The summed E-state index contributed by atoms with van der Waals surface area (Å²) in [4.78, 5) is 16.4. The first-order valence-corrected chi connectivity index (χ1v) is 11.0. The van der Waals surface area contributed by atoms with Gasteiger partial charge in [0.05, 0.1) is 11.8 Å². The van der Waals surface area contributed by atoms with E-state index in [-0.39, 0.29) is 12.1 Å². The number of anilines is 2. The average Bonchev–Trinajstić information content (AvgIpc) is 3.21. The molecule has 6 nitrogen and oxygen atoms in total. The molecular weight excluding hydrogens is 447 g/mol. The molecular formula is C25H26F3N3O3. The molecule has 0 saturated heterocycles. The number of hydrogen-bond acceptors (Lipinski definition) is 5. The Kier molecular flexibility index (Phi) is 6.29. The summed E-state index contributed by atoms with van der Waals surface area (Å²) in [5, 5.41) is 6.11. The van der Waals surface area contributed by atoms with Crippen molar-refractivity contribution in [2.45, 2.75) is 57.9 Å². The van der Waals surface area contributed by atoms with Crippen LogP contribution in [0, 0.1) is 0 Å². The number of alkyl halides is 3. The lowest BCUT2D eigenvalue weighted by Gasteiger charge is -2.28. The van der Waals surface area contributed by atoms with Gasteiger partial charge in [0.25, 0.3) is 6.01 Å². The minimum Gasteiger partial charge on any atom is -0.444 e. The van der Waals surface area contributed by atoms with Gasteiger partial charge in [-0.15, -0.1) is 0 Å². The average molecular weight is 473 g/mol. The Hall–Kier alpha value is -3.49. The molecule has 0 aliphatic heterocycles. The molecule has 1 heterocycles. The summed E-state index contributed by atoms with van der Waals surface area (Å²) in [5.74, 6) is 0.352. The normalized spacial score (nSPS) is 16.0. The first-order chi connectivity index (χ1) is 16.0. The molecule has 0 bridgehead atoms. The number of nitrogens with zero attached hydrogens (tertiary/aromatic N) is 1. The Labute approximate surface area is 195 Å². The highest BCUT2D eigenvalue weighted by molar-refractivity contribution is 5.69. The number of alkyl carbamates (subject to hydrolysis) is 1. The fraction of sp³-hybridized carbons (Fsp3) is 0.360. The van der Waals surface area contributed by atoms with Crippen molar-refractivity contribution in [3.8, 4) is 11.3 Å². The van der Waals surface area contributed by atoms with Gasteiger partial charge < -0.3 is 19.8 Å². The molecule has 0 saturated carbocycles. The topological polar surface area (TPSA) is 76.4 Å². The van der Waals surface area contributed by atoms with Crippen LogP contribution in [0.25, 0.3) is 11.3 Å². The van der Waals surface area contributed by atoms with Gasteiger partial charge in [0.15, 0.2) is 5.76 Å². The molecule has 1 atom stereocenters. The monoisotopic (exact) mass is 473 g/mol. The number of carbonyl (C=O) groups excluding carboxylic acids is 1. The number of halogens is 3. The van der Waals surface area contributed by atoms with Crippen LogP contribution in [-0.4, -0.2) is 22.7 Å². The first kappa shape index (κ1) is 23.7. The second-order valence-corrected chi connectivity index (χ2v) is 9.26. The third-order valence-electron chi connectivity index (χ3n) is 5.45. The van der Waals surface area contributed by atoms with Gasteiger partial charge in [-0.3, -0.25) is 0 Å². The lowest BCUT2D eigenvalue weighted by atomic mass is 9.87. The van der Waals surface area contributed by atoms with Crippen LogP contribution in [0.15, 0.2) is 53.1 Å². The fourth-order valence-corrected chi connectivity index (χ4v) is 3.91. The van der Waals surface area contributed by atoms with Crippen LogP contribution in [0.5, 0.6) is 0 Å². The molecule has 9 heteroatoms. The van der Waals surface area contributed by atoms with E-state index in [1.807, 2.05) is 39.0 Å². The maximum atomic E-state index is 12.8. The number of rotatable bonds is 4. The number of ether oxygens (including phenoxy) is 1. The van der Waals surface area contributed by atoms with Gasteiger partial charge in [0, 0.05) is 17.3 Å². The first-order valence-electron chi connectivity index (χ1n) is 11.0. The molecule has 4 rings (SSSR count). The van der Waals surface area contributed by atoms with Gasteiger partial charge in [-0.2, -0.15) is 13.2 Å². The minimum atomic E-state index is -4.39. The standard InChI is InChI=1S/C25H26F3N3O3/c1-24(2,3)34-23(32)30-18-12-9-15-5-4-6-20(19(15)13-18)31-22-29-14-21(33-22)16-7-10-17(11-8-16)25(26,27)28/h4-8,10-11,14,18H,9,12-13H2,1-3H3,(H,29,31)(H,30,32). The van der Waals surface area contributed by atoms with Crippen LogP contribution in [0.3, 0.4) is 0 Å². The third-order valence-corrected chi connectivity index (χ3v) is 5.45. The lowest BCUT2D eigenvalue weighted by Crippen LogP contribution is -2.42. The van der Waals surface area contributed by atoms with Crippen molar-refractivity contribution >= 4 is 17.8 Å². The van der Waals surface area contributed by atoms with E-state index in [9.17, 15) is 18.0 Å². The molecule has 3 aromatic rings. The van der Waals surface area contributed by atoms with Crippen LogP contribution in [0.2, 0.25) is 0 Å². The molecule has 0 fully saturated rings. The number of aryl methyl sites for hydroxylation is 1. The molecule has 1 aromatic heterocycles. The molecule has 1 unspecified atom stereocenters. The van der Waals surface area contributed by atoms with E-state index in [0.29, 0.717) is 17.7 Å². The van der Waals surface area contributed by atoms with Crippen molar-refractivity contribution < 1.29 is 27.1 Å². The Morgan fingerprint density at radius 2 is 1.85 bits per heavy atom. The number of carbonyl (C=O) groups is 1. The molecule has 1 aliphatic carbocycles. The van der Waals surface area contributed by atoms with Crippen LogP contribution in [-0.2, 0) is 23.8 Å². The minimum absolute atomic E-state index is 0.0717. The van der Waals surface area contributed by atoms with Gasteiger partial charge in [0.1, 0.15) is 5.60 Å². The van der Waals surface area contributed by atoms with Crippen molar-refractivity contribution in [1.29, 1.82) is 0 Å². The third kappa shape index (κ3) is 5.70. The summed E-state index contributed by atoms with van der Waals surface area (Å²) >= 11 is 0. The second kappa shape index (κ2) is 9.04. The van der Waals surface area contributed by atoms with Gasteiger partial charge in [-0.25, -0.2) is 9.78 Å². The number of oxazole rings is 1. The SMILES string of the molecule is CC(C)(C)OC(=O)NC1CCc2cccc(Nc3ncc(-c4ccc(C(F)(F)F)cc4)o3)c2C1. The number of nitrogens with one attached hydrogen (secondary N) is 2. The molecule has 1 aliphatic rings. The van der Waals surface area contributed by atoms with Crippen LogP contribution in [0.4, 0.5) is 29.7 Å². The maximum absolute atomic E-state index is 12.8. The molecule has 2 aromatic carbocycles. The molecule has 1 amide bonds. The highest BCUT2D eigenvalue weighted by Gasteiger charge is 2.30. The van der Waals surface area contributed by atoms with Gasteiger partial charge >= 0.3 is 12.3 Å². The van der Waals surface area contributed by atoms with Crippen molar-refractivity contribution in [3.63, 3.8) is 0 Å². The Balaban J connectivity index is 1.47. The zero-order chi connectivity index (χ0) is 24.5. The number of aromatic nitrogens is 1. The number of hydrogen-bond donors (Lipinski definition) is 2. The fourth-order valence-electron chi connectivity index (χ4n) is 3.91. The molecule has 0 spiro atoms. The van der Waals surface area contributed by atoms with E-state index in [1.165, 1.54) is 23.9 Å². The highest BCUT2D eigenvalue weighted by atomic mass is 19.4. The molecule has 2 N–H and O–H groups in total. The quantitative estimate of drug-likeness (QED) is 0.453. The number of amides is 1. The van der Waals surface area contributed by atoms with Crippen molar-refractivity contribution in [2.24, 2.45) is 0 Å². The summed E-state index contributed by atoms with van der Waals surface area (Å²) in [5.41, 5.74) is 2.21. The second-order valence-electron chi connectivity index (χ2n) is 9.26. The summed E-state index contributed by atoms with van der Waals surface area (Å²) in [6.45, 7) is 5.46. The van der Waals surface area contributed by atoms with E-state index in [1.54, 1.807) is 0 Å². The van der Waals surface area contributed by atoms with Crippen molar-refractivity contribution in [3.05, 3.63) is 65.4 Å². The Bertz CT molecular complexity index is 1160. The van der Waals surface area contributed by atoms with Crippen LogP contribution in [0.1, 0.15) is 43.9 Å². The van der Waals surface area contributed by atoms with Gasteiger partial charge in [-0.1, -0.05) is 24.3 Å². The molecule has 180 valence electrons. The van der Waals surface area contributed by atoms with Gasteiger partial charge in [-0.05, 0) is 69.4 Å². The van der Waals surface area contributed by atoms with E-state index in [0.717, 1.165) is 36.2 Å². The number of fused-ring (bicyclic) bond motifs is 1. The zero-order valence-corrected chi connectivity index (χ0v) is 19.1. The highest BCUT2D eigenvalue weighted by Crippen LogP contribution is 2.33. The van der Waals surface area contributed by atoms with E-state index >= 15 is 0 Å². The summed E-state index contributed by atoms with van der Waals surface area (Å²) in [6.07, 6.45) is -1.16. The number of benzene rings is 2. The predicted octanol–water partition coefficient (Wildman–Crippen LogP) is 6.49. The lowest BCUT2D eigenvalue weighted by molar-refractivity contribution is -0.137. The summed E-state index contributed by atoms with van der Waals surface area (Å²) < 4.78 is 49.5. The van der Waals surface area contributed by atoms with E-state index < -0.39 is 23.4 Å². The van der Waals surface area contributed by atoms with Crippen molar-refractivity contribution in [1.82, 2.24) is 10.3 Å². The van der Waals surface area contributed by atoms with Gasteiger partial charge in [0.2, 0.25) is 0 Å². The summed E-state index contributed by atoms with van der Waals surface area (Å²) in [7, 11) is 0. The predicted molar refractivity (Wildman–Crippen MR) is 122 cm³/mol. The molecule has 34 heavy (non-hydrogen) atoms. The van der Waals surface area contributed by atoms with Crippen LogP contribution < -0.4 is 10.6 Å².